The van der Waals surface area contributed by atoms with Crippen LogP contribution in [0.2, 0.25) is 0 Å². The first-order valence-electron chi connectivity index (χ1n) is 14.1. The van der Waals surface area contributed by atoms with E-state index >= 15 is 0 Å². The molecule has 0 spiro atoms. The first-order chi connectivity index (χ1) is 20.3. The normalized spacial score (nSPS) is 12.8. The van der Waals surface area contributed by atoms with Gasteiger partial charge < -0.3 is 8.98 Å². The minimum atomic E-state index is 0.806. The first-order valence-corrected chi connectivity index (χ1v) is 14.1. The molecular formula is C39H25NO. The minimum Gasteiger partial charge on any atom is -0.456 e. The van der Waals surface area contributed by atoms with E-state index < -0.39 is 0 Å². The topological polar surface area (TPSA) is 18.1 Å². The van der Waals surface area contributed by atoms with Crippen molar-refractivity contribution < 1.29 is 4.42 Å². The van der Waals surface area contributed by atoms with Gasteiger partial charge in [-0.1, -0.05) is 91.5 Å². The molecule has 0 fully saturated rings. The van der Waals surface area contributed by atoms with Crippen molar-refractivity contribution >= 4 is 49.3 Å². The molecule has 1 aliphatic rings. The fourth-order valence-electron chi connectivity index (χ4n) is 6.98. The van der Waals surface area contributed by atoms with Gasteiger partial charge in [-0.25, -0.2) is 0 Å². The predicted octanol–water partition coefficient (Wildman–Crippen LogP) is 10.6. The van der Waals surface area contributed by atoms with Crippen molar-refractivity contribution in [1.29, 1.82) is 0 Å². The van der Waals surface area contributed by atoms with Gasteiger partial charge in [-0.05, 0) is 87.8 Å². The molecular weight excluding hydrogens is 498 g/mol. The molecule has 2 nitrogen and oxygen atoms in total. The molecule has 0 bridgehead atoms. The third kappa shape index (κ3) is 3.13. The summed E-state index contributed by atoms with van der Waals surface area (Å²) in [6.45, 7) is 4.54. The second-order valence-corrected chi connectivity index (χ2v) is 11.0. The number of para-hydroxylation sites is 3. The fourth-order valence-corrected chi connectivity index (χ4v) is 6.98. The highest BCUT2D eigenvalue weighted by Gasteiger charge is 2.27. The van der Waals surface area contributed by atoms with Crippen LogP contribution in [-0.2, 0) is 6.42 Å². The summed E-state index contributed by atoms with van der Waals surface area (Å²) < 4.78 is 8.80. The summed E-state index contributed by atoms with van der Waals surface area (Å²) in [5, 5.41) is 4.81. The van der Waals surface area contributed by atoms with Crippen molar-refractivity contribution in [2.75, 3.05) is 0 Å². The molecule has 0 N–H and O–H groups in total. The Balaban J connectivity index is 1.47. The van der Waals surface area contributed by atoms with Crippen molar-refractivity contribution in [3.8, 4) is 27.9 Å². The van der Waals surface area contributed by atoms with Crippen LogP contribution in [0.15, 0.2) is 138 Å². The lowest BCUT2D eigenvalue weighted by atomic mass is 9.78. The number of benzene rings is 6. The SMILES string of the molecule is C=C1Cc2c(cc3c(c2-c2ccc4c(c2)oc2ccccc24)c2ccccc2n3-c2ccccc2)-c2ccccc21. The summed E-state index contributed by atoms with van der Waals surface area (Å²) in [6.07, 6.45) is 0.806. The van der Waals surface area contributed by atoms with Crippen LogP contribution in [0.25, 0.3) is 77.3 Å². The van der Waals surface area contributed by atoms with E-state index in [2.05, 4.69) is 126 Å². The number of hydrogen-bond acceptors (Lipinski definition) is 1. The lowest BCUT2D eigenvalue weighted by molar-refractivity contribution is 0.669. The van der Waals surface area contributed by atoms with Crippen molar-refractivity contribution in [3.63, 3.8) is 0 Å². The van der Waals surface area contributed by atoms with Gasteiger partial charge in [-0.15, -0.1) is 0 Å². The Kier molecular flexibility index (Phi) is 4.57. The van der Waals surface area contributed by atoms with E-state index in [4.69, 9.17) is 4.42 Å². The third-order valence-electron chi connectivity index (χ3n) is 8.74. The average molecular weight is 524 g/mol. The molecule has 2 aromatic heterocycles. The Morgan fingerprint density at radius 1 is 0.561 bits per heavy atom. The second kappa shape index (κ2) is 8.33. The van der Waals surface area contributed by atoms with Crippen molar-refractivity contribution in [3.05, 3.63) is 145 Å². The van der Waals surface area contributed by atoms with Crippen LogP contribution in [0.3, 0.4) is 0 Å². The van der Waals surface area contributed by atoms with Crippen LogP contribution in [0.4, 0.5) is 0 Å². The van der Waals surface area contributed by atoms with Crippen LogP contribution < -0.4 is 0 Å². The zero-order valence-electron chi connectivity index (χ0n) is 22.4. The maximum Gasteiger partial charge on any atom is 0.136 e. The van der Waals surface area contributed by atoms with E-state index in [-0.39, 0.29) is 0 Å². The number of furan rings is 1. The summed E-state index contributed by atoms with van der Waals surface area (Å²) >= 11 is 0. The molecule has 2 heterocycles. The predicted molar refractivity (Wildman–Crippen MR) is 172 cm³/mol. The van der Waals surface area contributed by atoms with Crippen LogP contribution in [0.1, 0.15) is 11.1 Å². The smallest absolute Gasteiger partial charge is 0.136 e. The molecule has 192 valence electrons. The van der Waals surface area contributed by atoms with E-state index in [0.29, 0.717) is 0 Å². The lowest BCUT2D eigenvalue weighted by Gasteiger charge is -2.26. The standard InChI is InChI=1S/C39H25NO/c1-24-21-33-32(28-14-6-5-13-27(24)28)23-35-39(31-16-7-9-17-34(31)40(35)26-11-3-2-4-12-26)38(33)25-19-20-30-29-15-8-10-18-36(29)41-37(30)22-25/h2-20,22-23H,1,21H2. The quantitative estimate of drug-likeness (QED) is 0.220. The summed E-state index contributed by atoms with van der Waals surface area (Å²) in [5.74, 6) is 0. The summed E-state index contributed by atoms with van der Waals surface area (Å²) in [7, 11) is 0. The lowest BCUT2D eigenvalue weighted by Crippen LogP contribution is -2.05. The van der Waals surface area contributed by atoms with E-state index in [0.717, 1.165) is 39.6 Å². The molecule has 8 aromatic rings. The van der Waals surface area contributed by atoms with Gasteiger partial charge in [0.05, 0.1) is 11.0 Å². The molecule has 1 aliphatic carbocycles. The van der Waals surface area contributed by atoms with Gasteiger partial charge in [-0.2, -0.15) is 0 Å². The Hall–Kier alpha value is -5.34. The highest BCUT2D eigenvalue weighted by Crippen LogP contribution is 2.49. The Bertz CT molecular complexity index is 2350. The molecule has 0 saturated carbocycles. The zero-order chi connectivity index (χ0) is 27.1. The van der Waals surface area contributed by atoms with Crippen molar-refractivity contribution in [2.24, 2.45) is 0 Å². The van der Waals surface area contributed by atoms with Gasteiger partial charge in [0.2, 0.25) is 0 Å². The van der Waals surface area contributed by atoms with Crippen LogP contribution in [-0.4, -0.2) is 4.57 Å². The minimum absolute atomic E-state index is 0.806. The molecule has 0 atom stereocenters. The van der Waals surface area contributed by atoms with Crippen molar-refractivity contribution in [2.45, 2.75) is 6.42 Å². The summed E-state index contributed by atoms with van der Waals surface area (Å²) in [4.78, 5) is 0. The van der Waals surface area contributed by atoms with Crippen LogP contribution in [0.5, 0.6) is 0 Å². The monoisotopic (exact) mass is 523 g/mol. The highest BCUT2D eigenvalue weighted by molar-refractivity contribution is 6.19. The largest absolute Gasteiger partial charge is 0.456 e. The van der Waals surface area contributed by atoms with Gasteiger partial charge in [0.25, 0.3) is 0 Å². The molecule has 6 aromatic carbocycles. The van der Waals surface area contributed by atoms with Crippen LogP contribution >= 0.6 is 0 Å². The van der Waals surface area contributed by atoms with Crippen LogP contribution in [0, 0.1) is 0 Å². The molecule has 0 unspecified atom stereocenters. The van der Waals surface area contributed by atoms with Gasteiger partial charge in [0, 0.05) is 27.2 Å². The molecule has 41 heavy (non-hydrogen) atoms. The Morgan fingerprint density at radius 3 is 2.15 bits per heavy atom. The second-order valence-electron chi connectivity index (χ2n) is 11.0. The average Bonchev–Trinajstić information content (AvgIpc) is 3.56. The molecule has 0 amide bonds. The molecule has 0 saturated heterocycles. The number of allylic oxidation sites excluding steroid dienone is 1. The molecule has 0 aliphatic heterocycles. The van der Waals surface area contributed by atoms with E-state index in [1.165, 1.54) is 55.2 Å². The number of fused-ring (bicyclic) bond motifs is 9. The molecule has 0 radical (unpaired) electrons. The van der Waals surface area contributed by atoms with E-state index in [1.807, 2.05) is 12.1 Å². The van der Waals surface area contributed by atoms with Gasteiger partial charge in [-0.3, -0.25) is 0 Å². The van der Waals surface area contributed by atoms with Gasteiger partial charge in [0.1, 0.15) is 11.2 Å². The Labute approximate surface area is 237 Å². The highest BCUT2D eigenvalue weighted by atomic mass is 16.3. The number of aromatic nitrogens is 1. The molecule has 2 heteroatoms. The first kappa shape index (κ1) is 22.5. The molecule has 9 rings (SSSR count). The summed E-state index contributed by atoms with van der Waals surface area (Å²) in [5.41, 5.74) is 14.1. The maximum absolute atomic E-state index is 6.39. The Morgan fingerprint density at radius 2 is 1.27 bits per heavy atom. The van der Waals surface area contributed by atoms with E-state index in [9.17, 15) is 0 Å². The van der Waals surface area contributed by atoms with Crippen molar-refractivity contribution in [1.82, 2.24) is 4.57 Å². The fraction of sp³-hybridized carbons (Fsp3) is 0.0256. The maximum atomic E-state index is 6.39. The zero-order valence-corrected chi connectivity index (χ0v) is 22.4. The number of nitrogens with zero attached hydrogens (tertiary/aromatic N) is 1. The number of rotatable bonds is 2. The summed E-state index contributed by atoms with van der Waals surface area (Å²) in [6, 6.07) is 45.6. The van der Waals surface area contributed by atoms with Gasteiger partial charge in [0.15, 0.2) is 0 Å². The third-order valence-corrected chi connectivity index (χ3v) is 8.74. The van der Waals surface area contributed by atoms with E-state index in [1.54, 1.807) is 0 Å². The number of hydrogen-bond donors (Lipinski definition) is 0. The van der Waals surface area contributed by atoms with Gasteiger partial charge >= 0.3 is 0 Å².